The second-order valence-corrected chi connectivity index (χ2v) is 4.90. The van der Waals surface area contributed by atoms with Gasteiger partial charge in [0.1, 0.15) is 6.61 Å². The normalized spacial score (nSPS) is 9.78. The second kappa shape index (κ2) is 10.7. The van der Waals surface area contributed by atoms with Crippen LogP contribution < -0.4 is 27.2 Å². The molecule has 0 fully saturated rings. The molecule has 4 heteroatoms. The number of hydrogen-bond donors (Lipinski definition) is 1. The van der Waals surface area contributed by atoms with Crippen LogP contribution in [-0.2, 0) is 13.1 Å². The lowest BCUT2D eigenvalue weighted by Gasteiger charge is -2.13. The molecule has 0 spiro atoms. The lowest BCUT2D eigenvalue weighted by Crippen LogP contribution is -3.00. The van der Waals surface area contributed by atoms with Gasteiger partial charge in [-0.1, -0.05) is 49.1 Å². The summed E-state index contributed by atoms with van der Waals surface area (Å²) in [5, 5.41) is 3.44. The number of ether oxygens (including phenoxy) is 2. The first-order valence-electron chi connectivity index (χ1n) is 7.57. The molecule has 23 heavy (non-hydrogen) atoms. The highest BCUT2D eigenvalue weighted by molar-refractivity contribution is 5.43. The zero-order valence-corrected chi connectivity index (χ0v) is 14.2. The van der Waals surface area contributed by atoms with E-state index in [-0.39, 0.29) is 12.4 Å². The van der Waals surface area contributed by atoms with Gasteiger partial charge in [-0.15, -0.1) is 0 Å². The molecule has 2 rings (SSSR count). The molecule has 1 N–H and O–H groups in total. The largest absolute Gasteiger partial charge is 1.00 e. The van der Waals surface area contributed by atoms with Gasteiger partial charge in [0.05, 0.1) is 6.61 Å². The van der Waals surface area contributed by atoms with Gasteiger partial charge in [0.15, 0.2) is 11.5 Å². The molecule has 0 saturated heterocycles. The minimum atomic E-state index is 0. The first-order valence-corrected chi connectivity index (χ1v) is 7.57. The summed E-state index contributed by atoms with van der Waals surface area (Å²) >= 11 is 0. The van der Waals surface area contributed by atoms with E-state index in [1.807, 2.05) is 25.1 Å². The van der Waals surface area contributed by atoms with Crippen LogP contribution in [0.4, 0.5) is 0 Å². The van der Waals surface area contributed by atoms with Crippen molar-refractivity contribution in [2.75, 3.05) is 13.2 Å². The van der Waals surface area contributed by atoms with Crippen LogP contribution in [0.3, 0.4) is 0 Å². The van der Waals surface area contributed by atoms with Crippen LogP contribution in [0, 0.1) is 0 Å². The van der Waals surface area contributed by atoms with Crippen LogP contribution >= 0.6 is 0 Å². The molecule has 0 atom stereocenters. The van der Waals surface area contributed by atoms with Gasteiger partial charge in [0.25, 0.3) is 0 Å². The Hall–Kier alpha value is -1.97. The fourth-order valence-corrected chi connectivity index (χ4v) is 2.15. The van der Waals surface area contributed by atoms with Crippen LogP contribution in [-0.4, -0.2) is 13.2 Å². The van der Waals surface area contributed by atoms with Crippen LogP contribution in [0.25, 0.3) is 0 Å². The van der Waals surface area contributed by atoms with Gasteiger partial charge in [-0.3, -0.25) is 0 Å². The molecule has 0 heterocycles. The fraction of sp³-hybridized carbons (Fsp3) is 0.263. The number of benzene rings is 2. The monoisotopic (exact) mass is 332 g/mol. The summed E-state index contributed by atoms with van der Waals surface area (Å²) in [5.74, 6) is 1.54. The molecule has 0 saturated carbocycles. The lowest BCUT2D eigenvalue weighted by molar-refractivity contribution is -0.00000534. The van der Waals surface area contributed by atoms with Crippen LogP contribution in [0.5, 0.6) is 11.5 Å². The highest BCUT2D eigenvalue weighted by Gasteiger charge is 2.06. The van der Waals surface area contributed by atoms with E-state index in [0.29, 0.717) is 13.2 Å². The van der Waals surface area contributed by atoms with Crippen LogP contribution in [0.2, 0.25) is 0 Å². The summed E-state index contributed by atoms with van der Waals surface area (Å²) in [5.41, 5.74) is 2.45. The lowest BCUT2D eigenvalue weighted by atomic mass is 10.2. The Labute approximate surface area is 144 Å². The van der Waals surface area contributed by atoms with E-state index in [4.69, 9.17) is 9.47 Å². The summed E-state index contributed by atoms with van der Waals surface area (Å²) < 4.78 is 11.3. The minimum absolute atomic E-state index is 0. The number of nitrogens with one attached hydrogen (secondary N) is 1. The number of halogens is 1. The van der Waals surface area contributed by atoms with E-state index in [0.717, 1.165) is 24.6 Å². The second-order valence-electron chi connectivity index (χ2n) is 4.90. The van der Waals surface area contributed by atoms with Crippen molar-refractivity contribution in [3.63, 3.8) is 0 Å². The van der Waals surface area contributed by atoms with Crippen LogP contribution in [0.15, 0.2) is 61.2 Å². The van der Waals surface area contributed by atoms with Crippen molar-refractivity contribution in [1.29, 1.82) is 0 Å². The third kappa shape index (κ3) is 6.35. The van der Waals surface area contributed by atoms with Gasteiger partial charge in [0, 0.05) is 13.1 Å². The van der Waals surface area contributed by atoms with E-state index in [2.05, 4.69) is 42.2 Å². The summed E-state index contributed by atoms with van der Waals surface area (Å²) in [6.45, 7) is 8.36. The van der Waals surface area contributed by atoms with E-state index < -0.39 is 0 Å². The molecule has 0 aliphatic carbocycles. The molecule has 0 amide bonds. The molecule has 0 unspecified atom stereocenters. The Morgan fingerprint density at radius 2 is 1.70 bits per heavy atom. The maximum absolute atomic E-state index is 5.65. The smallest absolute Gasteiger partial charge is 0.161 e. The van der Waals surface area contributed by atoms with Crippen molar-refractivity contribution in [2.24, 2.45) is 0 Å². The molecule has 3 nitrogen and oxygen atoms in total. The highest BCUT2D eigenvalue weighted by Crippen LogP contribution is 2.28. The summed E-state index contributed by atoms with van der Waals surface area (Å²) in [7, 11) is 0. The Morgan fingerprint density at radius 1 is 0.957 bits per heavy atom. The minimum Gasteiger partial charge on any atom is -1.00 e. The Morgan fingerprint density at radius 3 is 2.39 bits per heavy atom. The number of rotatable bonds is 9. The van der Waals surface area contributed by atoms with Crippen LogP contribution in [0.1, 0.15) is 18.1 Å². The zero-order valence-electron chi connectivity index (χ0n) is 13.4. The van der Waals surface area contributed by atoms with Crippen molar-refractivity contribution < 1.29 is 21.9 Å². The quantitative estimate of drug-likeness (QED) is 0.693. The number of hydrogen-bond acceptors (Lipinski definition) is 3. The Balaban J connectivity index is 0.00000264. The van der Waals surface area contributed by atoms with Gasteiger partial charge in [-0.05, 0) is 30.2 Å². The Bertz CT molecular complexity index is 587. The van der Waals surface area contributed by atoms with E-state index in [1.165, 1.54) is 11.1 Å². The summed E-state index contributed by atoms with van der Waals surface area (Å²) in [6.07, 6.45) is 1.73. The van der Waals surface area contributed by atoms with E-state index in [1.54, 1.807) is 6.08 Å². The predicted octanol–water partition coefficient (Wildman–Crippen LogP) is 0.944. The zero-order chi connectivity index (χ0) is 15.6. The maximum Gasteiger partial charge on any atom is 0.161 e. The van der Waals surface area contributed by atoms with Crippen molar-refractivity contribution in [1.82, 2.24) is 5.32 Å². The van der Waals surface area contributed by atoms with Crippen molar-refractivity contribution in [3.05, 3.63) is 72.3 Å². The topological polar surface area (TPSA) is 30.5 Å². The van der Waals surface area contributed by atoms with Crippen molar-refractivity contribution >= 4 is 0 Å². The van der Waals surface area contributed by atoms with Gasteiger partial charge in [-0.2, -0.15) is 0 Å². The first-order chi connectivity index (χ1) is 10.8. The maximum atomic E-state index is 5.65. The average Bonchev–Trinajstić information content (AvgIpc) is 2.55. The fourth-order valence-electron chi connectivity index (χ4n) is 2.15. The molecule has 124 valence electrons. The van der Waals surface area contributed by atoms with Crippen molar-refractivity contribution in [2.45, 2.75) is 20.0 Å². The van der Waals surface area contributed by atoms with Gasteiger partial charge < -0.3 is 27.2 Å². The van der Waals surface area contributed by atoms with Gasteiger partial charge in [-0.25, -0.2) is 0 Å². The SMILES string of the molecule is C=CCOc1ccc(CNCc2ccccc2)cc1OCC.[Cl-]. The molecule has 0 bridgehead atoms. The Kier molecular flexibility index (Phi) is 8.88. The van der Waals surface area contributed by atoms with E-state index in [9.17, 15) is 0 Å². The molecule has 0 aliphatic rings. The highest BCUT2D eigenvalue weighted by atomic mass is 35.5. The summed E-state index contributed by atoms with van der Waals surface area (Å²) in [6, 6.07) is 16.4. The van der Waals surface area contributed by atoms with Gasteiger partial charge >= 0.3 is 0 Å². The molecule has 2 aromatic rings. The van der Waals surface area contributed by atoms with E-state index >= 15 is 0 Å². The molecule has 0 radical (unpaired) electrons. The standard InChI is InChI=1S/C19H23NO2.ClH/c1-3-12-22-18-11-10-17(13-19(18)21-4-2)15-20-14-16-8-6-5-7-9-16;/h3,5-11,13,20H,1,4,12,14-15H2,2H3;1H/p-1. The van der Waals surface area contributed by atoms with Gasteiger partial charge in [0.2, 0.25) is 0 Å². The average molecular weight is 333 g/mol. The molecule has 0 aliphatic heterocycles. The summed E-state index contributed by atoms with van der Waals surface area (Å²) in [4.78, 5) is 0. The third-order valence-corrected chi connectivity index (χ3v) is 3.17. The molecule has 2 aromatic carbocycles. The molecular formula is C19H23ClNO2-. The predicted molar refractivity (Wildman–Crippen MR) is 90.3 cm³/mol. The van der Waals surface area contributed by atoms with Crippen molar-refractivity contribution in [3.8, 4) is 11.5 Å². The molecular weight excluding hydrogens is 310 g/mol. The first kappa shape index (κ1) is 19.1. The third-order valence-electron chi connectivity index (χ3n) is 3.17. The molecule has 0 aromatic heterocycles.